The van der Waals surface area contributed by atoms with Crippen molar-refractivity contribution in [1.29, 1.82) is 0 Å². The van der Waals surface area contributed by atoms with Gasteiger partial charge in [0.05, 0.1) is 6.42 Å². The van der Waals surface area contributed by atoms with E-state index in [1.807, 2.05) is 60.7 Å². The molecule has 1 fully saturated rings. The van der Waals surface area contributed by atoms with E-state index >= 15 is 0 Å². The molecule has 3 aromatic rings. The molecule has 0 spiro atoms. The highest BCUT2D eigenvalue weighted by Crippen LogP contribution is 2.20. The number of carbonyl (C=O) groups is 2. The van der Waals surface area contributed by atoms with E-state index in [-0.39, 0.29) is 24.3 Å². The fraction of sp³-hybridized carbons (Fsp3) is 0.355. The summed E-state index contributed by atoms with van der Waals surface area (Å²) in [6, 6.07) is 27.7. The van der Waals surface area contributed by atoms with Crippen molar-refractivity contribution in [1.82, 2.24) is 10.2 Å². The summed E-state index contributed by atoms with van der Waals surface area (Å²) in [7, 11) is 0. The van der Waals surface area contributed by atoms with E-state index in [2.05, 4.69) is 36.5 Å². The first kappa shape index (κ1) is 24.7. The Balaban J connectivity index is 1.63. The number of hydrogen-bond donors (Lipinski definition) is 1. The topological polar surface area (TPSA) is 49.4 Å². The SMILES string of the molecule is Cc1ccc(CN(C(=O)Cc2ccccc2)[C@@H](Cc2ccccc2)C(=O)NC2CCCCC2)cc1. The molecule has 0 heterocycles. The minimum absolute atomic E-state index is 0.0310. The Labute approximate surface area is 209 Å². The molecule has 1 N–H and O–H groups in total. The van der Waals surface area contributed by atoms with E-state index in [1.165, 1.54) is 12.0 Å². The van der Waals surface area contributed by atoms with Gasteiger partial charge in [0.25, 0.3) is 0 Å². The molecule has 4 rings (SSSR count). The van der Waals surface area contributed by atoms with E-state index < -0.39 is 6.04 Å². The van der Waals surface area contributed by atoms with E-state index in [0.717, 1.165) is 42.4 Å². The number of carbonyl (C=O) groups excluding carboxylic acids is 2. The Morgan fingerprint density at radius 2 is 1.40 bits per heavy atom. The van der Waals surface area contributed by atoms with Crippen LogP contribution >= 0.6 is 0 Å². The summed E-state index contributed by atoms with van der Waals surface area (Å²) in [5.74, 6) is -0.0780. The normalized spacial score (nSPS) is 14.8. The third-order valence-corrected chi connectivity index (χ3v) is 6.89. The summed E-state index contributed by atoms with van der Waals surface area (Å²) in [6.45, 7) is 2.46. The lowest BCUT2D eigenvalue weighted by Gasteiger charge is -2.33. The smallest absolute Gasteiger partial charge is 0.243 e. The molecule has 1 aliphatic carbocycles. The Hall–Kier alpha value is -3.40. The van der Waals surface area contributed by atoms with Gasteiger partial charge in [-0.3, -0.25) is 9.59 Å². The van der Waals surface area contributed by atoms with Gasteiger partial charge in [0, 0.05) is 19.0 Å². The average Bonchev–Trinajstić information content (AvgIpc) is 2.89. The molecule has 1 saturated carbocycles. The largest absolute Gasteiger partial charge is 0.352 e. The van der Waals surface area contributed by atoms with Crippen molar-refractivity contribution in [3.63, 3.8) is 0 Å². The van der Waals surface area contributed by atoms with Crippen molar-refractivity contribution < 1.29 is 9.59 Å². The zero-order valence-corrected chi connectivity index (χ0v) is 20.7. The van der Waals surface area contributed by atoms with Gasteiger partial charge >= 0.3 is 0 Å². The number of aryl methyl sites for hydroxylation is 1. The van der Waals surface area contributed by atoms with E-state index in [4.69, 9.17) is 0 Å². The Kier molecular flexibility index (Phi) is 8.72. The van der Waals surface area contributed by atoms with Crippen molar-refractivity contribution in [2.75, 3.05) is 0 Å². The molecule has 35 heavy (non-hydrogen) atoms. The van der Waals surface area contributed by atoms with Crippen molar-refractivity contribution in [3.05, 3.63) is 107 Å². The Morgan fingerprint density at radius 3 is 2.03 bits per heavy atom. The number of rotatable bonds is 9. The molecule has 0 bridgehead atoms. The number of amides is 2. The Bertz CT molecular complexity index is 1070. The van der Waals surface area contributed by atoms with Crippen LogP contribution in [0.5, 0.6) is 0 Å². The molecule has 2 amide bonds. The summed E-state index contributed by atoms with van der Waals surface area (Å²) >= 11 is 0. The van der Waals surface area contributed by atoms with Crippen molar-refractivity contribution in [2.45, 2.75) is 70.5 Å². The van der Waals surface area contributed by atoms with Crippen LogP contribution in [0.2, 0.25) is 0 Å². The highest BCUT2D eigenvalue weighted by atomic mass is 16.2. The van der Waals surface area contributed by atoms with Gasteiger partial charge in [0.15, 0.2) is 0 Å². The fourth-order valence-electron chi connectivity index (χ4n) is 4.86. The molecule has 0 radical (unpaired) electrons. The molecule has 182 valence electrons. The van der Waals surface area contributed by atoms with Crippen LogP contribution in [-0.4, -0.2) is 28.8 Å². The lowest BCUT2D eigenvalue weighted by molar-refractivity contribution is -0.141. The van der Waals surface area contributed by atoms with Crippen molar-refractivity contribution in [3.8, 4) is 0 Å². The maximum absolute atomic E-state index is 13.8. The van der Waals surface area contributed by atoms with E-state index in [9.17, 15) is 9.59 Å². The first-order valence-corrected chi connectivity index (χ1v) is 12.8. The highest BCUT2D eigenvalue weighted by molar-refractivity contribution is 5.89. The molecule has 0 aromatic heterocycles. The molecule has 1 atom stereocenters. The summed E-state index contributed by atoms with van der Waals surface area (Å²) in [5.41, 5.74) is 4.21. The van der Waals surface area contributed by atoms with Crippen molar-refractivity contribution in [2.24, 2.45) is 0 Å². The fourth-order valence-corrected chi connectivity index (χ4v) is 4.86. The van der Waals surface area contributed by atoms with Crippen LogP contribution in [0.1, 0.15) is 54.4 Å². The molecule has 0 aliphatic heterocycles. The summed E-state index contributed by atoms with van der Waals surface area (Å²) in [4.78, 5) is 29.3. The molecule has 4 heteroatoms. The van der Waals surface area contributed by atoms with Crippen LogP contribution in [0.4, 0.5) is 0 Å². The van der Waals surface area contributed by atoms with Gasteiger partial charge in [0.1, 0.15) is 6.04 Å². The zero-order chi connectivity index (χ0) is 24.5. The van der Waals surface area contributed by atoms with Gasteiger partial charge < -0.3 is 10.2 Å². The average molecular weight is 469 g/mol. The van der Waals surface area contributed by atoms with Crippen LogP contribution in [0.3, 0.4) is 0 Å². The van der Waals surface area contributed by atoms with E-state index in [1.54, 1.807) is 4.90 Å². The standard InChI is InChI=1S/C31H36N2O2/c1-24-17-19-27(20-18-24)23-33(30(34)22-26-13-7-3-8-14-26)29(21-25-11-5-2-6-12-25)31(35)32-28-15-9-4-10-16-28/h2-3,5-8,11-14,17-20,28-29H,4,9-10,15-16,21-23H2,1H3,(H,32,35)/t29-/m0/s1. The lowest BCUT2D eigenvalue weighted by Crippen LogP contribution is -2.53. The van der Waals surface area contributed by atoms with Gasteiger partial charge in [-0.05, 0) is 36.5 Å². The number of nitrogens with zero attached hydrogens (tertiary/aromatic N) is 1. The predicted molar refractivity (Wildman–Crippen MR) is 141 cm³/mol. The molecule has 0 saturated heterocycles. The van der Waals surface area contributed by atoms with Gasteiger partial charge in [-0.1, -0.05) is 110 Å². The van der Waals surface area contributed by atoms with E-state index in [0.29, 0.717) is 13.0 Å². The minimum Gasteiger partial charge on any atom is -0.352 e. The minimum atomic E-state index is -0.572. The van der Waals surface area contributed by atoms with Crippen LogP contribution in [0.25, 0.3) is 0 Å². The zero-order valence-electron chi connectivity index (χ0n) is 20.7. The third kappa shape index (κ3) is 7.29. The molecule has 0 unspecified atom stereocenters. The number of hydrogen-bond acceptors (Lipinski definition) is 2. The predicted octanol–water partition coefficient (Wildman–Crippen LogP) is 5.63. The monoisotopic (exact) mass is 468 g/mol. The van der Waals surface area contributed by atoms with Crippen LogP contribution in [-0.2, 0) is 29.0 Å². The first-order chi connectivity index (χ1) is 17.1. The maximum Gasteiger partial charge on any atom is 0.243 e. The molecular formula is C31H36N2O2. The van der Waals surface area contributed by atoms with Crippen LogP contribution < -0.4 is 5.32 Å². The van der Waals surface area contributed by atoms with Gasteiger partial charge in [-0.15, -0.1) is 0 Å². The quantitative estimate of drug-likeness (QED) is 0.443. The lowest BCUT2D eigenvalue weighted by atomic mass is 9.94. The second-order valence-electron chi connectivity index (χ2n) is 9.72. The van der Waals surface area contributed by atoms with Crippen LogP contribution in [0.15, 0.2) is 84.9 Å². The molecule has 4 nitrogen and oxygen atoms in total. The summed E-state index contributed by atoms with van der Waals surface area (Å²) < 4.78 is 0. The molecule has 1 aliphatic rings. The highest BCUT2D eigenvalue weighted by Gasteiger charge is 2.31. The Morgan fingerprint density at radius 1 is 0.800 bits per heavy atom. The second kappa shape index (κ2) is 12.3. The first-order valence-electron chi connectivity index (χ1n) is 12.8. The van der Waals surface area contributed by atoms with Gasteiger partial charge in [-0.2, -0.15) is 0 Å². The summed E-state index contributed by atoms with van der Waals surface area (Å²) in [6.07, 6.45) is 6.32. The maximum atomic E-state index is 13.8. The summed E-state index contributed by atoms with van der Waals surface area (Å²) in [5, 5.41) is 3.30. The van der Waals surface area contributed by atoms with Crippen LogP contribution in [0, 0.1) is 6.92 Å². The molecule has 3 aromatic carbocycles. The van der Waals surface area contributed by atoms with Gasteiger partial charge in [-0.25, -0.2) is 0 Å². The number of benzene rings is 3. The van der Waals surface area contributed by atoms with Gasteiger partial charge in [0.2, 0.25) is 11.8 Å². The molecular weight excluding hydrogens is 432 g/mol. The third-order valence-electron chi connectivity index (χ3n) is 6.89. The van der Waals surface area contributed by atoms with Crippen molar-refractivity contribution >= 4 is 11.8 Å². The number of nitrogens with one attached hydrogen (secondary N) is 1. The second-order valence-corrected chi connectivity index (χ2v) is 9.72.